The molecular weight excluding hydrogens is 370 g/mol. The van der Waals surface area contributed by atoms with Gasteiger partial charge in [0.15, 0.2) is 0 Å². The summed E-state index contributed by atoms with van der Waals surface area (Å²) in [5.74, 6) is -0.718. The van der Waals surface area contributed by atoms with E-state index in [1.807, 2.05) is 48.0 Å². The number of rotatable bonds is 6. The molecule has 1 saturated heterocycles. The molecule has 0 bridgehead atoms. The van der Waals surface area contributed by atoms with Crippen molar-refractivity contribution in [1.29, 1.82) is 0 Å². The van der Waals surface area contributed by atoms with Crippen LogP contribution in [0.15, 0.2) is 54.9 Å². The van der Waals surface area contributed by atoms with Crippen LogP contribution in [-0.2, 0) is 23.1 Å². The van der Waals surface area contributed by atoms with E-state index in [9.17, 15) is 14.4 Å². The van der Waals surface area contributed by atoms with Crippen LogP contribution in [-0.4, -0.2) is 44.9 Å². The van der Waals surface area contributed by atoms with Crippen molar-refractivity contribution >= 4 is 34.6 Å². The second-order valence-corrected chi connectivity index (χ2v) is 7.04. The summed E-state index contributed by atoms with van der Waals surface area (Å²) in [6.07, 6.45) is 2.16. The summed E-state index contributed by atoms with van der Waals surface area (Å²) in [4.78, 5) is 42.5. The van der Waals surface area contributed by atoms with E-state index < -0.39 is 12.1 Å². The Morgan fingerprint density at radius 1 is 1.17 bits per heavy atom. The van der Waals surface area contributed by atoms with Gasteiger partial charge in [0.05, 0.1) is 23.8 Å². The summed E-state index contributed by atoms with van der Waals surface area (Å²) in [6.45, 7) is 0.281. The van der Waals surface area contributed by atoms with Crippen molar-refractivity contribution in [1.82, 2.24) is 19.8 Å². The van der Waals surface area contributed by atoms with Gasteiger partial charge in [-0.2, -0.15) is 0 Å². The van der Waals surface area contributed by atoms with Gasteiger partial charge in [-0.3, -0.25) is 14.5 Å². The lowest BCUT2D eigenvalue weighted by Gasteiger charge is -2.13. The Kier molecular flexibility index (Phi) is 4.99. The van der Waals surface area contributed by atoms with E-state index in [1.165, 1.54) is 4.90 Å². The molecule has 8 nitrogen and oxygen atoms in total. The molecule has 4 rings (SSSR count). The van der Waals surface area contributed by atoms with E-state index in [-0.39, 0.29) is 24.8 Å². The number of fused-ring (bicyclic) bond motifs is 1. The predicted molar refractivity (Wildman–Crippen MR) is 108 cm³/mol. The number of imidazole rings is 1. The Bertz CT molecular complexity index is 1080. The predicted octanol–water partition coefficient (Wildman–Crippen LogP) is 2.06. The van der Waals surface area contributed by atoms with Crippen LogP contribution in [0.5, 0.6) is 0 Å². The van der Waals surface area contributed by atoms with Gasteiger partial charge < -0.3 is 15.2 Å². The van der Waals surface area contributed by atoms with E-state index in [0.29, 0.717) is 12.1 Å². The van der Waals surface area contributed by atoms with Crippen molar-refractivity contribution in [3.05, 3.63) is 60.4 Å². The van der Waals surface area contributed by atoms with Crippen molar-refractivity contribution in [3.8, 4) is 0 Å². The molecule has 2 N–H and O–H groups in total. The van der Waals surface area contributed by atoms with Gasteiger partial charge in [-0.15, -0.1) is 0 Å². The standard InChI is InChI=1S/C21H21N5O3/c1-25-13-22-16-11-15(7-8-18(16)25)23-19(27)12-17-20(28)26(21(29)24-17)10-9-14-5-3-2-4-6-14/h2-8,11,13,17H,9-10,12H2,1H3,(H,23,27)(H,24,29). The molecule has 1 aromatic heterocycles. The fourth-order valence-corrected chi connectivity index (χ4v) is 3.42. The second-order valence-electron chi connectivity index (χ2n) is 7.04. The fraction of sp³-hybridized carbons (Fsp3) is 0.238. The summed E-state index contributed by atoms with van der Waals surface area (Å²) >= 11 is 0. The van der Waals surface area contributed by atoms with Crippen LogP contribution in [0, 0.1) is 0 Å². The van der Waals surface area contributed by atoms with Gasteiger partial charge in [0, 0.05) is 19.3 Å². The molecule has 2 heterocycles. The Labute approximate surface area is 167 Å². The molecule has 1 unspecified atom stereocenters. The largest absolute Gasteiger partial charge is 0.334 e. The SMILES string of the molecule is Cn1cnc2cc(NC(=O)CC3NC(=O)N(CCc4ccccc4)C3=O)ccc21. The van der Waals surface area contributed by atoms with Crippen molar-refractivity contribution in [2.75, 3.05) is 11.9 Å². The first-order chi connectivity index (χ1) is 14.0. The Morgan fingerprint density at radius 3 is 2.76 bits per heavy atom. The third-order valence-corrected chi connectivity index (χ3v) is 4.97. The normalized spacial score (nSPS) is 16.3. The minimum Gasteiger partial charge on any atom is -0.334 e. The van der Waals surface area contributed by atoms with Crippen LogP contribution in [0.2, 0.25) is 0 Å². The number of hydrogen-bond donors (Lipinski definition) is 2. The maximum absolute atomic E-state index is 12.6. The van der Waals surface area contributed by atoms with Crippen LogP contribution in [0.4, 0.5) is 10.5 Å². The highest BCUT2D eigenvalue weighted by Crippen LogP contribution is 2.18. The molecule has 0 spiro atoms. The van der Waals surface area contributed by atoms with Crippen LogP contribution in [0.1, 0.15) is 12.0 Å². The number of carbonyl (C=O) groups is 3. The average Bonchev–Trinajstić information content (AvgIpc) is 3.20. The number of amides is 4. The quantitative estimate of drug-likeness (QED) is 0.629. The van der Waals surface area contributed by atoms with Crippen LogP contribution < -0.4 is 10.6 Å². The molecule has 1 fully saturated rings. The van der Waals surface area contributed by atoms with Crippen LogP contribution >= 0.6 is 0 Å². The Balaban J connectivity index is 1.35. The molecule has 0 saturated carbocycles. The Hall–Kier alpha value is -3.68. The number of aromatic nitrogens is 2. The maximum atomic E-state index is 12.6. The zero-order valence-corrected chi connectivity index (χ0v) is 16.0. The molecule has 1 atom stereocenters. The molecule has 4 amide bonds. The molecule has 3 aromatic rings. The number of urea groups is 1. The molecule has 0 aliphatic carbocycles. The summed E-state index contributed by atoms with van der Waals surface area (Å²) in [5.41, 5.74) is 3.36. The van der Waals surface area contributed by atoms with Gasteiger partial charge in [-0.25, -0.2) is 9.78 Å². The van der Waals surface area contributed by atoms with Crippen molar-refractivity contribution in [2.24, 2.45) is 7.05 Å². The summed E-state index contributed by atoms with van der Waals surface area (Å²) in [6, 6.07) is 13.7. The third kappa shape index (κ3) is 3.96. The summed E-state index contributed by atoms with van der Waals surface area (Å²) in [5, 5.41) is 5.37. The molecule has 29 heavy (non-hydrogen) atoms. The van der Waals surface area contributed by atoms with Gasteiger partial charge in [0.2, 0.25) is 5.91 Å². The minimum absolute atomic E-state index is 0.118. The smallest absolute Gasteiger partial charge is 0.324 e. The first-order valence-electron chi connectivity index (χ1n) is 9.38. The Morgan fingerprint density at radius 2 is 1.97 bits per heavy atom. The molecule has 0 radical (unpaired) electrons. The van der Waals surface area contributed by atoms with E-state index >= 15 is 0 Å². The highest BCUT2D eigenvalue weighted by atomic mass is 16.2. The van der Waals surface area contributed by atoms with E-state index in [1.54, 1.807) is 18.5 Å². The maximum Gasteiger partial charge on any atom is 0.324 e. The average molecular weight is 391 g/mol. The van der Waals surface area contributed by atoms with Gasteiger partial charge in [0.25, 0.3) is 5.91 Å². The lowest BCUT2D eigenvalue weighted by molar-refractivity contribution is -0.129. The third-order valence-electron chi connectivity index (χ3n) is 4.97. The molecular formula is C21H21N5O3. The van der Waals surface area contributed by atoms with Crippen molar-refractivity contribution in [2.45, 2.75) is 18.9 Å². The monoisotopic (exact) mass is 391 g/mol. The number of nitrogens with zero attached hydrogens (tertiary/aromatic N) is 3. The van der Waals surface area contributed by atoms with Crippen LogP contribution in [0.3, 0.4) is 0 Å². The van der Waals surface area contributed by atoms with Crippen LogP contribution in [0.25, 0.3) is 11.0 Å². The number of hydrogen-bond acceptors (Lipinski definition) is 4. The summed E-state index contributed by atoms with van der Waals surface area (Å²) in [7, 11) is 1.89. The molecule has 1 aliphatic rings. The van der Waals surface area contributed by atoms with E-state index in [0.717, 1.165) is 16.6 Å². The number of carbonyl (C=O) groups excluding carboxylic acids is 3. The molecule has 1 aliphatic heterocycles. The van der Waals surface area contributed by atoms with Gasteiger partial charge in [-0.05, 0) is 30.2 Å². The lowest BCUT2D eigenvalue weighted by atomic mass is 10.1. The van der Waals surface area contributed by atoms with Gasteiger partial charge in [0.1, 0.15) is 6.04 Å². The van der Waals surface area contributed by atoms with Gasteiger partial charge >= 0.3 is 6.03 Å². The first-order valence-corrected chi connectivity index (χ1v) is 9.38. The minimum atomic E-state index is -0.850. The van der Waals surface area contributed by atoms with Crippen molar-refractivity contribution < 1.29 is 14.4 Å². The number of anilines is 1. The topological polar surface area (TPSA) is 96.3 Å². The van der Waals surface area contributed by atoms with E-state index in [4.69, 9.17) is 0 Å². The van der Waals surface area contributed by atoms with E-state index in [2.05, 4.69) is 15.6 Å². The van der Waals surface area contributed by atoms with Crippen molar-refractivity contribution in [3.63, 3.8) is 0 Å². The fourth-order valence-electron chi connectivity index (χ4n) is 3.42. The second kappa shape index (κ2) is 7.75. The lowest BCUT2D eigenvalue weighted by Crippen LogP contribution is -2.34. The highest BCUT2D eigenvalue weighted by Gasteiger charge is 2.38. The highest BCUT2D eigenvalue weighted by molar-refractivity contribution is 6.07. The molecule has 2 aromatic carbocycles. The first kappa shape index (κ1) is 18.7. The van der Waals surface area contributed by atoms with Gasteiger partial charge in [-0.1, -0.05) is 30.3 Å². The number of imide groups is 1. The summed E-state index contributed by atoms with van der Waals surface area (Å²) < 4.78 is 1.89. The zero-order valence-electron chi connectivity index (χ0n) is 16.0. The molecule has 148 valence electrons. The number of nitrogens with one attached hydrogen (secondary N) is 2. The number of aryl methyl sites for hydroxylation is 1. The number of benzene rings is 2. The molecule has 8 heteroatoms. The zero-order chi connectivity index (χ0) is 20.4.